The number of nitrogens with one attached hydrogen (secondary N) is 4. The summed E-state index contributed by atoms with van der Waals surface area (Å²) in [5.41, 5.74) is -0.213. The van der Waals surface area contributed by atoms with E-state index in [-0.39, 0.29) is 29.2 Å². The molecule has 6 amide bonds. The van der Waals surface area contributed by atoms with Gasteiger partial charge in [-0.2, -0.15) is 0 Å². The summed E-state index contributed by atoms with van der Waals surface area (Å²) in [4.78, 5) is 42.4. The Labute approximate surface area is 213 Å². The van der Waals surface area contributed by atoms with Crippen LogP contribution in [0.1, 0.15) is 77.0 Å². The van der Waals surface area contributed by atoms with Gasteiger partial charge in [0.2, 0.25) is 0 Å². The van der Waals surface area contributed by atoms with E-state index in [1.54, 1.807) is 14.1 Å². The highest BCUT2D eigenvalue weighted by atomic mass is 16.2. The van der Waals surface area contributed by atoms with E-state index in [1.165, 1.54) is 48.3 Å². The summed E-state index contributed by atoms with van der Waals surface area (Å²) in [6, 6.07) is -0.675. The lowest BCUT2D eigenvalue weighted by molar-refractivity contribution is -0.0148. The average molecular weight is 499 g/mol. The first kappa shape index (κ1) is 23.0. The van der Waals surface area contributed by atoms with Crippen molar-refractivity contribution in [1.82, 2.24) is 31.1 Å². The van der Waals surface area contributed by atoms with Crippen LogP contribution in [0.2, 0.25) is 0 Å². The topological polar surface area (TPSA) is 106 Å². The van der Waals surface area contributed by atoms with E-state index in [1.807, 2.05) is 0 Å². The minimum absolute atomic E-state index is 0.106. The number of urea groups is 3. The summed E-state index contributed by atoms with van der Waals surface area (Å²) in [7, 11) is 3.38. The van der Waals surface area contributed by atoms with Gasteiger partial charge in [-0.3, -0.25) is 0 Å². The number of rotatable bonds is 4. The first-order chi connectivity index (χ1) is 17.2. The molecule has 9 rings (SSSR count). The molecule has 9 heteroatoms. The van der Waals surface area contributed by atoms with Gasteiger partial charge in [-0.15, -0.1) is 0 Å². The van der Waals surface area contributed by atoms with E-state index in [0.29, 0.717) is 0 Å². The third-order valence-corrected chi connectivity index (χ3v) is 11.1. The van der Waals surface area contributed by atoms with E-state index in [9.17, 15) is 14.4 Å². The first-order valence-electron chi connectivity index (χ1n) is 14.4. The normalized spacial score (nSPS) is 47.9. The Bertz CT molecular complexity index is 823. The molecule has 198 valence electrons. The summed E-state index contributed by atoms with van der Waals surface area (Å²) in [6.07, 6.45) is 13.1. The monoisotopic (exact) mass is 498 g/mol. The number of carbonyl (C=O) groups excluding carboxylic acids is 3. The zero-order chi connectivity index (χ0) is 24.8. The number of carbonyl (C=O) groups is 3. The lowest BCUT2D eigenvalue weighted by Gasteiger charge is -2.57. The number of amides is 6. The number of hydrogen-bond acceptors (Lipinski definition) is 3. The molecule has 4 N–H and O–H groups in total. The molecule has 8 saturated carbocycles. The van der Waals surface area contributed by atoms with Crippen molar-refractivity contribution in [2.24, 2.45) is 35.5 Å². The Morgan fingerprint density at radius 2 is 0.889 bits per heavy atom. The number of nitrogens with zero attached hydrogens (tertiary/aromatic N) is 2. The minimum Gasteiger partial charge on any atom is -0.333 e. The minimum atomic E-state index is -0.626. The summed E-state index contributed by atoms with van der Waals surface area (Å²) in [6.45, 7) is 0. The Morgan fingerprint density at radius 1 is 0.611 bits per heavy atom. The Balaban J connectivity index is 1.01. The van der Waals surface area contributed by atoms with Crippen molar-refractivity contribution in [1.29, 1.82) is 0 Å². The van der Waals surface area contributed by atoms with Gasteiger partial charge in [0.1, 0.15) is 12.3 Å². The highest BCUT2D eigenvalue weighted by molar-refractivity contribution is 5.82. The van der Waals surface area contributed by atoms with Crippen LogP contribution in [0.4, 0.5) is 14.4 Å². The smallest absolute Gasteiger partial charge is 0.323 e. The van der Waals surface area contributed by atoms with E-state index in [4.69, 9.17) is 0 Å². The van der Waals surface area contributed by atoms with Gasteiger partial charge in [-0.1, -0.05) is 0 Å². The molecule has 0 aromatic carbocycles. The van der Waals surface area contributed by atoms with Gasteiger partial charge in [0.05, 0.1) is 0 Å². The molecule has 0 aromatic heterocycles. The van der Waals surface area contributed by atoms with E-state index in [0.717, 1.165) is 74.0 Å². The van der Waals surface area contributed by atoms with Crippen LogP contribution < -0.4 is 21.3 Å². The number of hydrogen-bond donors (Lipinski definition) is 4. The maximum Gasteiger partial charge on any atom is 0.323 e. The molecule has 2 atom stereocenters. The molecule has 0 unspecified atom stereocenters. The molecule has 1 heterocycles. The van der Waals surface area contributed by atoms with Crippen LogP contribution >= 0.6 is 0 Å². The first-order valence-corrected chi connectivity index (χ1v) is 14.4. The molecule has 0 aromatic rings. The van der Waals surface area contributed by atoms with Gasteiger partial charge in [-0.05, 0) is 113 Å². The maximum atomic E-state index is 13.3. The molecule has 0 radical (unpaired) electrons. The molecule has 9 aliphatic rings. The van der Waals surface area contributed by atoms with Gasteiger partial charge >= 0.3 is 18.1 Å². The predicted molar refractivity (Wildman–Crippen MR) is 134 cm³/mol. The molecular weight excluding hydrogens is 456 g/mol. The second-order valence-electron chi connectivity index (χ2n) is 14.0. The van der Waals surface area contributed by atoms with Crippen LogP contribution in [-0.2, 0) is 0 Å². The second kappa shape index (κ2) is 7.90. The van der Waals surface area contributed by atoms with E-state index >= 15 is 0 Å². The third-order valence-electron chi connectivity index (χ3n) is 11.1. The van der Waals surface area contributed by atoms with Crippen LogP contribution in [0.3, 0.4) is 0 Å². The fourth-order valence-corrected chi connectivity index (χ4v) is 10.6. The standard InChI is InChI=1S/C27H42N6O3/c1-32-21(28-23(34)30-26-9-15-3-16(10-26)5-17(4-15)11-26)22(33(2)25(32)36)29-24(35)31-27-12-18-6-19(13-27)8-20(7-18)14-27/h15-22H,3-14H2,1-2H3,(H2,28,30,34)(H2,29,31,35)/t15?,16?,17?,18?,19?,20?,21-,22+,26?,27?. The maximum absolute atomic E-state index is 13.3. The van der Waals surface area contributed by atoms with Gasteiger partial charge < -0.3 is 31.1 Å². The van der Waals surface area contributed by atoms with Crippen LogP contribution in [-0.4, -0.2) is 65.4 Å². The zero-order valence-corrected chi connectivity index (χ0v) is 21.7. The molecule has 1 aliphatic heterocycles. The molecule has 9 nitrogen and oxygen atoms in total. The Hall–Kier alpha value is -2.19. The van der Waals surface area contributed by atoms with Crippen molar-refractivity contribution in [2.45, 2.75) is 100 Å². The molecule has 0 spiro atoms. The van der Waals surface area contributed by atoms with Crippen LogP contribution in [0.5, 0.6) is 0 Å². The lowest BCUT2D eigenvalue weighted by Crippen LogP contribution is -2.66. The van der Waals surface area contributed by atoms with Gasteiger partial charge in [0.15, 0.2) is 0 Å². The zero-order valence-electron chi connectivity index (χ0n) is 21.7. The quantitative estimate of drug-likeness (QED) is 0.478. The van der Waals surface area contributed by atoms with Gasteiger partial charge in [-0.25, -0.2) is 14.4 Å². The summed E-state index contributed by atoms with van der Waals surface area (Å²) < 4.78 is 0. The molecule has 9 fully saturated rings. The highest BCUT2D eigenvalue weighted by Crippen LogP contribution is 2.56. The van der Waals surface area contributed by atoms with Crippen LogP contribution in [0, 0.1) is 35.5 Å². The van der Waals surface area contributed by atoms with Crippen LogP contribution in [0.25, 0.3) is 0 Å². The predicted octanol–water partition coefficient (Wildman–Crippen LogP) is 3.17. The van der Waals surface area contributed by atoms with Crippen molar-refractivity contribution in [3.63, 3.8) is 0 Å². The second-order valence-corrected chi connectivity index (χ2v) is 14.0. The molecule has 36 heavy (non-hydrogen) atoms. The van der Waals surface area contributed by atoms with Crippen molar-refractivity contribution in [2.75, 3.05) is 14.1 Å². The van der Waals surface area contributed by atoms with E-state index < -0.39 is 12.3 Å². The lowest BCUT2D eigenvalue weighted by atomic mass is 9.53. The SMILES string of the molecule is CN1C(=O)N(C)[C@@H](NC(=O)NC23CC4CC(CC(C4)C2)C3)[C@H]1NC(=O)NC12CC3CC(CC(C3)C1)C2. The Morgan fingerprint density at radius 3 is 1.17 bits per heavy atom. The van der Waals surface area contributed by atoms with Gasteiger partial charge in [0.25, 0.3) is 0 Å². The Kier molecular flexibility index (Phi) is 5.04. The number of likely N-dealkylation sites (N-methyl/N-ethyl adjacent to an activating group) is 2. The van der Waals surface area contributed by atoms with Crippen molar-refractivity contribution < 1.29 is 14.4 Å². The molecule has 8 aliphatic carbocycles. The fraction of sp³-hybridized carbons (Fsp3) is 0.889. The summed E-state index contributed by atoms with van der Waals surface area (Å²) in [5, 5.41) is 12.8. The fourth-order valence-electron chi connectivity index (χ4n) is 10.6. The van der Waals surface area contributed by atoms with Gasteiger partial charge in [0, 0.05) is 25.2 Å². The molecule has 8 bridgehead atoms. The molecular formula is C27H42N6O3. The average Bonchev–Trinajstić information content (AvgIpc) is 2.95. The third kappa shape index (κ3) is 3.74. The van der Waals surface area contributed by atoms with Crippen molar-refractivity contribution >= 4 is 18.1 Å². The van der Waals surface area contributed by atoms with Crippen molar-refractivity contribution in [3.05, 3.63) is 0 Å². The van der Waals surface area contributed by atoms with Crippen LogP contribution in [0.15, 0.2) is 0 Å². The summed E-state index contributed by atoms with van der Waals surface area (Å²) in [5.74, 6) is 4.42. The largest absolute Gasteiger partial charge is 0.333 e. The van der Waals surface area contributed by atoms with Crippen molar-refractivity contribution in [3.8, 4) is 0 Å². The highest BCUT2D eigenvalue weighted by Gasteiger charge is 2.54. The summed E-state index contributed by atoms with van der Waals surface area (Å²) >= 11 is 0. The van der Waals surface area contributed by atoms with E-state index in [2.05, 4.69) is 21.3 Å². The molecule has 1 saturated heterocycles.